The maximum Gasteiger partial charge on any atom is 0.240 e. The molecule has 1 aromatic carbocycles. The number of carbonyl (C=O) groups is 1. The summed E-state index contributed by atoms with van der Waals surface area (Å²) in [6.45, 7) is 4.28. The van der Waals surface area contributed by atoms with Gasteiger partial charge in [0, 0.05) is 11.5 Å². The van der Waals surface area contributed by atoms with Crippen LogP contribution in [-0.2, 0) is 6.54 Å². The first-order chi connectivity index (χ1) is 10.2. The number of Topliss-reactive ketones (excluding diaryl/α,β-unsaturated/α-hetero) is 1. The van der Waals surface area contributed by atoms with Gasteiger partial charge in [-0.05, 0) is 32.9 Å². The van der Waals surface area contributed by atoms with Gasteiger partial charge in [-0.1, -0.05) is 35.5 Å². The summed E-state index contributed by atoms with van der Waals surface area (Å²) in [4.78, 5) is 18.9. The molecule has 3 rings (SSSR count). The van der Waals surface area contributed by atoms with Gasteiger partial charge in [-0.2, -0.15) is 4.98 Å². The van der Waals surface area contributed by atoms with E-state index in [0.29, 0.717) is 18.3 Å². The summed E-state index contributed by atoms with van der Waals surface area (Å²) in [5, 5.41) is 3.80. The molecule has 1 aliphatic heterocycles. The monoisotopic (exact) mass is 285 g/mol. The Bertz CT molecular complexity index is 601. The van der Waals surface area contributed by atoms with Crippen molar-refractivity contribution in [2.45, 2.75) is 26.3 Å². The van der Waals surface area contributed by atoms with Crippen LogP contribution in [0.3, 0.4) is 0 Å². The first kappa shape index (κ1) is 13.9. The fourth-order valence-corrected chi connectivity index (χ4v) is 2.79. The summed E-state index contributed by atoms with van der Waals surface area (Å²) in [6, 6.07) is 9.57. The van der Waals surface area contributed by atoms with Gasteiger partial charge >= 0.3 is 0 Å². The van der Waals surface area contributed by atoms with Crippen molar-refractivity contribution >= 4 is 5.78 Å². The average Bonchev–Trinajstić information content (AvgIpc) is 2.93. The van der Waals surface area contributed by atoms with Gasteiger partial charge in [-0.25, -0.2) is 0 Å². The van der Waals surface area contributed by atoms with Crippen molar-refractivity contribution in [1.29, 1.82) is 0 Å². The highest BCUT2D eigenvalue weighted by Crippen LogP contribution is 2.22. The normalized spacial score (nSPS) is 17.0. The minimum absolute atomic E-state index is 0.132. The van der Waals surface area contributed by atoms with E-state index in [0.717, 1.165) is 31.5 Å². The summed E-state index contributed by atoms with van der Waals surface area (Å²) < 4.78 is 5.14. The first-order valence-corrected chi connectivity index (χ1v) is 7.33. The second kappa shape index (κ2) is 6.18. The van der Waals surface area contributed by atoms with Crippen molar-refractivity contribution in [3.8, 4) is 0 Å². The van der Waals surface area contributed by atoms with E-state index in [1.165, 1.54) is 0 Å². The van der Waals surface area contributed by atoms with E-state index < -0.39 is 0 Å². The largest absolute Gasteiger partial charge is 0.338 e. The van der Waals surface area contributed by atoms with Gasteiger partial charge in [0.1, 0.15) is 0 Å². The number of likely N-dealkylation sites (tertiary alicyclic amines) is 1. The van der Waals surface area contributed by atoms with Crippen molar-refractivity contribution in [3.63, 3.8) is 0 Å². The second-order valence-electron chi connectivity index (χ2n) is 5.52. The molecule has 0 radical (unpaired) electrons. The van der Waals surface area contributed by atoms with Gasteiger partial charge in [0.2, 0.25) is 5.89 Å². The number of hydrogen-bond donors (Lipinski definition) is 0. The van der Waals surface area contributed by atoms with Crippen LogP contribution in [0.2, 0.25) is 0 Å². The molecule has 0 bridgehead atoms. The minimum Gasteiger partial charge on any atom is -0.338 e. The molecule has 0 N–H and O–H groups in total. The first-order valence-electron chi connectivity index (χ1n) is 7.33. The molecule has 1 fully saturated rings. The molecule has 1 aliphatic rings. The SMILES string of the molecule is Cc1noc(CN2CCC(C(=O)c3ccccc3)CC2)n1. The number of nitrogens with zero attached hydrogens (tertiary/aromatic N) is 3. The molecule has 0 saturated carbocycles. The molecular formula is C16H19N3O2. The van der Waals surface area contributed by atoms with Crippen molar-refractivity contribution < 1.29 is 9.32 Å². The number of aromatic nitrogens is 2. The van der Waals surface area contributed by atoms with E-state index in [-0.39, 0.29) is 11.7 Å². The Kier molecular flexibility index (Phi) is 4.10. The number of aryl methyl sites for hydroxylation is 1. The molecule has 1 saturated heterocycles. The van der Waals surface area contributed by atoms with Crippen molar-refractivity contribution in [2.24, 2.45) is 5.92 Å². The number of rotatable bonds is 4. The van der Waals surface area contributed by atoms with E-state index in [4.69, 9.17) is 4.52 Å². The fraction of sp³-hybridized carbons (Fsp3) is 0.438. The van der Waals surface area contributed by atoms with Crippen LogP contribution in [0.15, 0.2) is 34.9 Å². The third kappa shape index (κ3) is 3.36. The zero-order chi connectivity index (χ0) is 14.7. The third-order valence-corrected chi connectivity index (χ3v) is 3.95. The molecule has 5 heteroatoms. The summed E-state index contributed by atoms with van der Waals surface area (Å²) in [5.74, 6) is 1.72. The smallest absolute Gasteiger partial charge is 0.240 e. The molecule has 0 atom stereocenters. The molecule has 2 aromatic rings. The van der Waals surface area contributed by atoms with E-state index in [9.17, 15) is 4.79 Å². The molecular weight excluding hydrogens is 266 g/mol. The van der Waals surface area contributed by atoms with Gasteiger partial charge in [0.25, 0.3) is 0 Å². The highest BCUT2D eigenvalue weighted by atomic mass is 16.5. The Morgan fingerprint density at radius 2 is 2.00 bits per heavy atom. The van der Waals surface area contributed by atoms with Crippen molar-refractivity contribution in [3.05, 3.63) is 47.6 Å². The third-order valence-electron chi connectivity index (χ3n) is 3.95. The van der Waals surface area contributed by atoms with E-state index in [2.05, 4.69) is 15.0 Å². The van der Waals surface area contributed by atoms with Crippen molar-refractivity contribution in [1.82, 2.24) is 15.0 Å². The highest BCUT2D eigenvalue weighted by molar-refractivity contribution is 5.97. The van der Waals surface area contributed by atoms with Gasteiger partial charge in [0.05, 0.1) is 6.54 Å². The molecule has 21 heavy (non-hydrogen) atoms. The number of carbonyl (C=O) groups excluding carboxylic acids is 1. The van der Waals surface area contributed by atoms with Crippen LogP contribution in [0.1, 0.15) is 34.9 Å². The van der Waals surface area contributed by atoms with Gasteiger partial charge in [-0.15, -0.1) is 0 Å². The van der Waals surface area contributed by atoms with E-state index in [1.54, 1.807) is 0 Å². The Labute approximate surface area is 124 Å². The van der Waals surface area contributed by atoms with Crippen LogP contribution in [0.4, 0.5) is 0 Å². The number of benzene rings is 1. The van der Waals surface area contributed by atoms with Crippen LogP contribution in [0.5, 0.6) is 0 Å². The lowest BCUT2D eigenvalue weighted by Crippen LogP contribution is -2.36. The number of hydrogen-bond acceptors (Lipinski definition) is 5. The van der Waals surface area contributed by atoms with Gasteiger partial charge in [-0.3, -0.25) is 9.69 Å². The predicted molar refractivity (Wildman–Crippen MR) is 77.8 cm³/mol. The van der Waals surface area contributed by atoms with Crippen LogP contribution in [0, 0.1) is 12.8 Å². The summed E-state index contributed by atoms with van der Waals surface area (Å²) >= 11 is 0. The van der Waals surface area contributed by atoms with Gasteiger partial charge in [0.15, 0.2) is 11.6 Å². The summed E-state index contributed by atoms with van der Waals surface area (Å²) in [5.41, 5.74) is 0.823. The maximum atomic E-state index is 12.4. The Morgan fingerprint density at radius 3 is 2.62 bits per heavy atom. The Morgan fingerprint density at radius 1 is 1.29 bits per heavy atom. The lowest BCUT2D eigenvalue weighted by atomic mass is 9.89. The number of piperidine rings is 1. The van der Waals surface area contributed by atoms with Crippen LogP contribution < -0.4 is 0 Å². The summed E-state index contributed by atoms with van der Waals surface area (Å²) in [7, 11) is 0. The number of ketones is 1. The standard InChI is InChI=1S/C16H19N3O2/c1-12-17-15(21-18-12)11-19-9-7-14(8-10-19)16(20)13-5-3-2-4-6-13/h2-6,14H,7-11H2,1H3. The van der Waals surface area contributed by atoms with Crippen LogP contribution in [-0.4, -0.2) is 33.9 Å². The summed E-state index contributed by atoms with van der Waals surface area (Å²) in [6.07, 6.45) is 1.78. The molecule has 0 aliphatic carbocycles. The molecule has 0 spiro atoms. The van der Waals surface area contributed by atoms with Crippen LogP contribution >= 0.6 is 0 Å². The average molecular weight is 285 g/mol. The van der Waals surface area contributed by atoms with Crippen LogP contribution in [0.25, 0.3) is 0 Å². The lowest BCUT2D eigenvalue weighted by Gasteiger charge is -2.30. The predicted octanol–water partition coefficient (Wildman–Crippen LogP) is 2.47. The van der Waals surface area contributed by atoms with E-state index in [1.807, 2.05) is 37.3 Å². The Hall–Kier alpha value is -2.01. The molecule has 0 unspecified atom stereocenters. The highest BCUT2D eigenvalue weighted by Gasteiger charge is 2.26. The molecule has 1 aromatic heterocycles. The lowest BCUT2D eigenvalue weighted by molar-refractivity contribution is 0.0825. The van der Waals surface area contributed by atoms with E-state index >= 15 is 0 Å². The van der Waals surface area contributed by atoms with Gasteiger partial charge < -0.3 is 4.52 Å². The topological polar surface area (TPSA) is 59.2 Å². The quantitative estimate of drug-likeness (QED) is 0.808. The second-order valence-corrected chi connectivity index (χ2v) is 5.52. The molecule has 0 amide bonds. The zero-order valence-electron chi connectivity index (χ0n) is 12.2. The van der Waals surface area contributed by atoms with Crippen molar-refractivity contribution in [2.75, 3.05) is 13.1 Å². The maximum absolute atomic E-state index is 12.4. The fourth-order valence-electron chi connectivity index (χ4n) is 2.79. The minimum atomic E-state index is 0.132. The molecule has 2 heterocycles. The molecule has 5 nitrogen and oxygen atoms in total. The molecule has 110 valence electrons. The Balaban J connectivity index is 1.54. The zero-order valence-corrected chi connectivity index (χ0v) is 12.2.